The van der Waals surface area contributed by atoms with Gasteiger partial charge in [-0.2, -0.15) is 0 Å². The summed E-state index contributed by atoms with van der Waals surface area (Å²) in [7, 11) is 1.30. The minimum Gasteiger partial charge on any atom is -0.453 e. The Morgan fingerprint density at radius 3 is 2.81 bits per heavy atom. The number of nitrogens with one attached hydrogen (secondary N) is 2. The monoisotopic (exact) mass is 484 g/mol. The van der Waals surface area contributed by atoms with Gasteiger partial charge in [-0.1, -0.05) is 20.8 Å². The lowest BCUT2D eigenvalue weighted by Gasteiger charge is -2.30. The number of nitrogens with zero attached hydrogens (tertiary/aromatic N) is 2. The minimum absolute atomic E-state index is 0.0505. The number of halogens is 1. The average Bonchev–Trinajstić information content (AvgIpc) is 3.21. The third kappa shape index (κ3) is 4.20. The van der Waals surface area contributed by atoms with Gasteiger partial charge < -0.3 is 19.9 Å². The fourth-order valence-electron chi connectivity index (χ4n) is 3.59. The van der Waals surface area contributed by atoms with E-state index in [1.165, 1.54) is 7.11 Å². The minimum atomic E-state index is -0.629. The molecule has 2 amide bonds. The van der Waals surface area contributed by atoms with Crippen molar-refractivity contribution in [2.24, 2.45) is 11.8 Å². The summed E-state index contributed by atoms with van der Waals surface area (Å²) in [4.78, 5) is 34.9. The molecule has 0 bridgehead atoms. The lowest BCUT2D eigenvalue weighted by molar-refractivity contribution is -0.135. The molecule has 27 heavy (non-hydrogen) atoms. The van der Waals surface area contributed by atoms with Crippen molar-refractivity contribution in [1.29, 1.82) is 0 Å². The fraction of sp³-hybridized carbons (Fsp3) is 0.526. The van der Waals surface area contributed by atoms with Crippen LogP contribution in [0.15, 0.2) is 18.2 Å². The van der Waals surface area contributed by atoms with E-state index in [-0.39, 0.29) is 17.9 Å². The third-order valence-corrected chi connectivity index (χ3v) is 5.63. The van der Waals surface area contributed by atoms with Gasteiger partial charge in [-0.25, -0.2) is 9.78 Å². The molecular formula is C19H25IN4O3. The summed E-state index contributed by atoms with van der Waals surface area (Å²) in [6, 6.07) is 5.29. The third-order valence-electron chi connectivity index (χ3n) is 4.96. The highest BCUT2D eigenvalue weighted by Gasteiger charge is 2.40. The highest BCUT2D eigenvalue weighted by atomic mass is 127. The predicted octanol–water partition coefficient (Wildman–Crippen LogP) is 3.46. The van der Waals surface area contributed by atoms with Gasteiger partial charge in [0.1, 0.15) is 11.9 Å². The summed E-state index contributed by atoms with van der Waals surface area (Å²) >= 11 is 2.27. The molecule has 2 heterocycles. The molecule has 0 saturated carbocycles. The van der Waals surface area contributed by atoms with Gasteiger partial charge in [0, 0.05) is 10.1 Å². The summed E-state index contributed by atoms with van der Waals surface area (Å²) in [5.74, 6) is 1.01. The van der Waals surface area contributed by atoms with E-state index >= 15 is 0 Å². The number of aromatic nitrogens is 2. The van der Waals surface area contributed by atoms with Crippen molar-refractivity contribution in [2.45, 2.75) is 39.3 Å². The Balaban J connectivity index is 1.89. The number of aromatic amines is 1. The van der Waals surface area contributed by atoms with E-state index in [4.69, 9.17) is 4.98 Å². The van der Waals surface area contributed by atoms with Crippen molar-refractivity contribution in [1.82, 2.24) is 20.2 Å². The van der Waals surface area contributed by atoms with Crippen molar-refractivity contribution in [3.8, 4) is 0 Å². The Morgan fingerprint density at radius 1 is 1.41 bits per heavy atom. The Morgan fingerprint density at radius 2 is 2.15 bits per heavy atom. The Labute approximate surface area is 172 Å². The molecule has 2 aromatic rings. The lowest BCUT2D eigenvalue weighted by atomic mass is 10.0. The van der Waals surface area contributed by atoms with Crippen LogP contribution in [0.5, 0.6) is 0 Å². The summed E-state index contributed by atoms with van der Waals surface area (Å²) in [6.07, 6.45) is 0.246. The van der Waals surface area contributed by atoms with Gasteiger partial charge >= 0.3 is 6.09 Å². The predicted molar refractivity (Wildman–Crippen MR) is 111 cm³/mol. The normalized spacial score (nSPS) is 20.9. The number of alkyl carbamates (subject to hydrolysis) is 1. The standard InChI is InChI=1S/C19H25IN4O3/c1-10(2)16(23-19(26)27-4)18(25)24-9-11(3)7-15(24)17-21-13-6-5-12(20)8-14(13)22-17/h5-6,8,10-11,15-16H,7,9H2,1-4H3,(H,21,22)(H,23,26)/t11-,15+,16+/m1/s1. The van der Waals surface area contributed by atoms with Crippen LogP contribution in [0.1, 0.15) is 39.1 Å². The van der Waals surface area contributed by atoms with Gasteiger partial charge in [-0.3, -0.25) is 4.79 Å². The molecule has 0 aliphatic carbocycles. The number of hydrogen-bond donors (Lipinski definition) is 2. The number of fused-ring (bicyclic) bond motifs is 1. The quantitative estimate of drug-likeness (QED) is 0.651. The van der Waals surface area contributed by atoms with Crippen LogP contribution in [-0.2, 0) is 9.53 Å². The molecule has 7 nitrogen and oxygen atoms in total. The highest BCUT2D eigenvalue weighted by molar-refractivity contribution is 14.1. The smallest absolute Gasteiger partial charge is 0.407 e. The molecular weight excluding hydrogens is 459 g/mol. The Bertz CT molecular complexity index is 851. The summed E-state index contributed by atoms with van der Waals surface area (Å²) in [5.41, 5.74) is 1.86. The molecule has 0 radical (unpaired) electrons. The first-order valence-electron chi connectivity index (χ1n) is 9.10. The maximum atomic E-state index is 13.2. The number of carbonyl (C=O) groups excluding carboxylic acids is 2. The highest BCUT2D eigenvalue weighted by Crippen LogP contribution is 2.35. The molecule has 0 spiro atoms. The average molecular weight is 484 g/mol. The van der Waals surface area contributed by atoms with Gasteiger partial charge in [0.15, 0.2) is 0 Å². The van der Waals surface area contributed by atoms with Crippen molar-refractivity contribution in [3.05, 3.63) is 27.6 Å². The van der Waals surface area contributed by atoms with Gasteiger partial charge in [0.05, 0.1) is 24.2 Å². The van der Waals surface area contributed by atoms with Crippen LogP contribution in [0.25, 0.3) is 11.0 Å². The number of likely N-dealkylation sites (tertiary alicyclic amines) is 1. The molecule has 3 rings (SSSR count). The zero-order valence-electron chi connectivity index (χ0n) is 16.0. The van der Waals surface area contributed by atoms with Gasteiger partial charge in [0.2, 0.25) is 5.91 Å². The Kier molecular flexibility index (Phi) is 5.92. The molecule has 0 unspecified atom stereocenters. The molecule has 146 valence electrons. The van der Waals surface area contributed by atoms with E-state index in [0.29, 0.717) is 12.5 Å². The van der Waals surface area contributed by atoms with Crippen molar-refractivity contribution >= 4 is 45.6 Å². The van der Waals surface area contributed by atoms with Crippen LogP contribution in [0.4, 0.5) is 4.79 Å². The van der Waals surface area contributed by atoms with Crippen LogP contribution < -0.4 is 5.32 Å². The number of methoxy groups -OCH3 is 1. The summed E-state index contributed by atoms with van der Waals surface area (Å²) < 4.78 is 5.82. The van der Waals surface area contributed by atoms with Gasteiger partial charge in [0.25, 0.3) is 0 Å². The number of hydrogen-bond acceptors (Lipinski definition) is 4. The topological polar surface area (TPSA) is 87.3 Å². The number of amides is 2. The molecule has 1 aliphatic rings. The second-order valence-corrected chi connectivity index (χ2v) is 8.73. The first kappa shape index (κ1) is 19.9. The maximum absolute atomic E-state index is 13.2. The Hall–Kier alpha value is -1.84. The lowest BCUT2D eigenvalue weighted by Crippen LogP contribution is -2.51. The van der Waals surface area contributed by atoms with Crippen molar-refractivity contribution in [2.75, 3.05) is 13.7 Å². The molecule has 1 saturated heterocycles. The van der Waals surface area contributed by atoms with Crippen LogP contribution in [0.2, 0.25) is 0 Å². The zero-order valence-corrected chi connectivity index (χ0v) is 18.1. The first-order valence-corrected chi connectivity index (χ1v) is 10.2. The van der Waals surface area contributed by atoms with Crippen LogP contribution in [0.3, 0.4) is 0 Å². The van der Waals surface area contributed by atoms with E-state index in [1.54, 1.807) is 0 Å². The van der Waals surface area contributed by atoms with Gasteiger partial charge in [-0.05, 0) is 59.0 Å². The van der Waals surface area contributed by atoms with Crippen molar-refractivity contribution < 1.29 is 14.3 Å². The first-order chi connectivity index (χ1) is 12.8. The van der Waals surface area contributed by atoms with Crippen LogP contribution in [0, 0.1) is 15.4 Å². The molecule has 1 aromatic carbocycles. The zero-order chi connectivity index (χ0) is 19.7. The SMILES string of the molecule is COC(=O)N[C@H](C(=O)N1C[C@H](C)C[C@H]1c1nc2ccc(I)cc2[nH]1)C(C)C. The number of rotatable bonds is 4. The van der Waals surface area contributed by atoms with E-state index in [0.717, 1.165) is 26.8 Å². The van der Waals surface area contributed by atoms with E-state index in [9.17, 15) is 9.59 Å². The number of H-pyrrole nitrogens is 1. The van der Waals surface area contributed by atoms with E-state index in [2.05, 4.69) is 44.6 Å². The summed E-state index contributed by atoms with van der Waals surface area (Å²) in [6.45, 7) is 6.60. The van der Waals surface area contributed by atoms with E-state index < -0.39 is 12.1 Å². The number of imidazole rings is 1. The second-order valence-electron chi connectivity index (χ2n) is 7.49. The van der Waals surface area contributed by atoms with Crippen LogP contribution >= 0.6 is 22.6 Å². The fourth-order valence-corrected chi connectivity index (χ4v) is 4.08. The summed E-state index contributed by atoms with van der Waals surface area (Å²) in [5, 5.41) is 2.68. The molecule has 2 N–H and O–H groups in total. The number of carbonyl (C=O) groups is 2. The molecule has 1 aromatic heterocycles. The molecule has 1 aliphatic heterocycles. The van der Waals surface area contributed by atoms with Crippen molar-refractivity contribution in [3.63, 3.8) is 0 Å². The van der Waals surface area contributed by atoms with Crippen LogP contribution in [-0.4, -0.2) is 46.6 Å². The van der Waals surface area contributed by atoms with Gasteiger partial charge in [-0.15, -0.1) is 0 Å². The molecule has 3 atom stereocenters. The second kappa shape index (κ2) is 8.04. The maximum Gasteiger partial charge on any atom is 0.407 e. The van der Waals surface area contributed by atoms with E-state index in [1.807, 2.05) is 36.9 Å². The largest absolute Gasteiger partial charge is 0.453 e. The molecule has 1 fully saturated rings. The molecule has 8 heteroatoms. The number of ether oxygens (including phenoxy) is 1. The number of benzene rings is 1.